The van der Waals surface area contributed by atoms with Crippen LogP contribution >= 0.6 is 27.5 Å². The highest BCUT2D eigenvalue weighted by Crippen LogP contribution is 2.24. The molecule has 1 amide bonds. The minimum absolute atomic E-state index is 0.0476. The number of benzene rings is 2. The molecule has 0 saturated carbocycles. The molecule has 2 aromatic rings. The Bertz CT molecular complexity index is 763. The van der Waals surface area contributed by atoms with Gasteiger partial charge in [0.25, 0.3) is 5.69 Å². The van der Waals surface area contributed by atoms with Gasteiger partial charge in [-0.1, -0.05) is 45.7 Å². The first kappa shape index (κ1) is 17.1. The van der Waals surface area contributed by atoms with Gasteiger partial charge in [0.15, 0.2) is 0 Å². The largest absolute Gasteiger partial charge is 0.288 e. The summed E-state index contributed by atoms with van der Waals surface area (Å²) in [5.74, 6) is -0.285. The van der Waals surface area contributed by atoms with Gasteiger partial charge in [-0.25, -0.2) is 5.43 Å². The molecule has 6 nitrogen and oxygen atoms in total. The van der Waals surface area contributed by atoms with Crippen molar-refractivity contribution in [2.75, 3.05) is 0 Å². The number of carbonyl (C=O) groups is 1. The van der Waals surface area contributed by atoms with E-state index in [9.17, 15) is 14.9 Å². The minimum atomic E-state index is -0.578. The van der Waals surface area contributed by atoms with E-state index in [-0.39, 0.29) is 23.0 Å². The molecule has 2 aromatic carbocycles. The Hall–Kier alpha value is -2.25. The molecule has 1 N–H and O–H groups in total. The normalized spacial score (nSPS) is 10.7. The second-order valence-electron chi connectivity index (χ2n) is 4.56. The predicted molar refractivity (Wildman–Crippen MR) is 91.7 cm³/mol. The molecule has 0 saturated heterocycles. The van der Waals surface area contributed by atoms with Crippen molar-refractivity contribution in [3.8, 4) is 0 Å². The molecule has 0 aromatic heterocycles. The fourth-order valence-electron chi connectivity index (χ4n) is 1.76. The Labute approximate surface area is 145 Å². The molecule has 0 bridgehead atoms. The van der Waals surface area contributed by atoms with Crippen molar-refractivity contribution in [3.63, 3.8) is 0 Å². The van der Waals surface area contributed by atoms with Crippen LogP contribution in [0.25, 0.3) is 0 Å². The molecule has 2 rings (SSSR count). The molecule has 0 aliphatic heterocycles. The molecular weight excluding hydrogens is 386 g/mol. The van der Waals surface area contributed by atoms with Gasteiger partial charge >= 0.3 is 0 Å². The Balaban J connectivity index is 1.96. The van der Waals surface area contributed by atoms with E-state index in [4.69, 9.17) is 11.6 Å². The van der Waals surface area contributed by atoms with Gasteiger partial charge in [0.05, 0.1) is 17.6 Å². The highest BCUT2D eigenvalue weighted by Gasteiger charge is 2.11. The number of nitrogens with zero attached hydrogens (tertiary/aromatic N) is 2. The number of nitrogens with one attached hydrogen (secondary N) is 1. The summed E-state index contributed by atoms with van der Waals surface area (Å²) in [5, 5.41) is 14.6. The van der Waals surface area contributed by atoms with E-state index in [1.54, 1.807) is 6.07 Å². The Morgan fingerprint density at radius 1 is 1.30 bits per heavy atom. The zero-order valence-electron chi connectivity index (χ0n) is 11.7. The van der Waals surface area contributed by atoms with Crippen LogP contribution in [-0.4, -0.2) is 17.0 Å². The minimum Gasteiger partial charge on any atom is -0.273 e. The zero-order valence-corrected chi connectivity index (χ0v) is 14.0. The van der Waals surface area contributed by atoms with Gasteiger partial charge in [-0.05, 0) is 23.8 Å². The molecule has 0 heterocycles. The summed E-state index contributed by atoms with van der Waals surface area (Å²) in [6.45, 7) is 0. The van der Waals surface area contributed by atoms with E-state index in [0.29, 0.717) is 5.56 Å². The molecule has 0 fully saturated rings. The monoisotopic (exact) mass is 395 g/mol. The van der Waals surface area contributed by atoms with Gasteiger partial charge < -0.3 is 0 Å². The number of carbonyl (C=O) groups excluding carboxylic acids is 1. The molecule has 0 atom stereocenters. The van der Waals surface area contributed by atoms with Gasteiger partial charge in [0.2, 0.25) is 5.91 Å². The first-order chi connectivity index (χ1) is 11.0. The third-order valence-electron chi connectivity index (χ3n) is 2.85. The van der Waals surface area contributed by atoms with Crippen LogP contribution in [0.15, 0.2) is 52.0 Å². The van der Waals surface area contributed by atoms with Crippen LogP contribution in [0.3, 0.4) is 0 Å². The molecule has 0 unspecified atom stereocenters. The van der Waals surface area contributed by atoms with Gasteiger partial charge in [0.1, 0.15) is 5.02 Å². The van der Waals surface area contributed by atoms with E-state index in [1.807, 2.05) is 24.3 Å². The SMILES string of the molecule is O=C(Cc1ccc(Br)cc1)N/N=C\c1ccc(Cl)c([N+](=O)[O-])c1. The molecule has 23 heavy (non-hydrogen) atoms. The lowest BCUT2D eigenvalue weighted by atomic mass is 10.1. The first-order valence-electron chi connectivity index (χ1n) is 6.46. The number of hydrazone groups is 1. The van der Waals surface area contributed by atoms with E-state index in [1.165, 1.54) is 18.3 Å². The maximum atomic E-state index is 11.8. The zero-order chi connectivity index (χ0) is 16.8. The number of nitro groups is 1. The lowest BCUT2D eigenvalue weighted by molar-refractivity contribution is -0.384. The highest BCUT2D eigenvalue weighted by molar-refractivity contribution is 9.10. The average molecular weight is 397 g/mol. The Kier molecular flexibility index (Phi) is 5.84. The van der Waals surface area contributed by atoms with Crippen LogP contribution in [0, 0.1) is 10.1 Å². The van der Waals surface area contributed by atoms with Crippen molar-refractivity contribution in [2.45, 2.75) is 6.42 Å². The molecule has 0 radical (unpaired) electrons. The van der Waals surface area contributed by atoms with Gasteiger partial charge in [0, 0.05) is 16.1 Å². The summed E-state index contributed by atoms with van der Waals surface area (Å²) in [5.41, 5.74) is 3.48. The second kappa shape index (κ2) is 7.85. The molecule has 8 heteroatoms. The highest BCUT2D eigenvalue weighted by atomic mass is 79.9. The van der Waals surface area contributed by atoms with Crippen molar-refractivity contribution < 1.29 is 9.72 Å². The summed E-state index contributed by atoms with van der Waals surface area (Å²) in [6.07, 6.45) is 1.51. The fourth-order valence-corrected chi connectivity index (χ4v) is 2.21. The smallest absolute Gasteiger partial charge is 0.273 e. The molecule has 0 aliphatic carbocycles. The first-order valence-corrected chi connectivity index (χ1v) is 7.63. The van der Waals surface area contributed by atoms with Crippen LogP contribution in [0.1, 0.15) is 11.1 Å². The summed E-state index contributed by atoms with van der Waals surface area (Å²) in [6, 6.07) is 11.6. The van der Waals surface area contributed by atoms with Crippen LogP contribution in [0.2, 0.25) is 5.02 Å². The van der Waals surface area contributed by atoms with Crippen molar-refractivity contribution in [1.82, 2.24) is 5.43 Å². The second-order valence-corrected chi connectivity index (χ2v) is 5.89. The van der Waals surface area contributed by atoms with Gasteiger partial charge in [-0.15, -0.1) is 0 Å². The Morgan fingerprint density at radius 2 is 2.00 bits per heavy atom. The molecule has 118 valence electrons. The van der Waals surface area contributed by atoms with Gasteiger partial charge in [-0.2, -0.15) is 5.10 Å². The molecule has 0 aliphatic rings. The van der Waals surface area contributed by atoms with Crippen LogP contribution in [-0.2, 0) is 11.2 Å². The number of amides is 1. The number of hydrogen-bond acceptors (Lipinski definition) is 4. The van der Waals surface area contributed by atoms with Crippen LogP contribution < -0.4 is 5.43 Å². The maximum Gasteiger partial charge on any atom is 0.288 e. The van der Waals surface area contributed by atoms with Crippen molar-refractivity contribution in [3.05, 3.63) is 73.2 Å². The number of rotatable bonds is 5. The van der Waals surface area contributed by atoms with Gasteiger partial charge in [-0.3, -0.25) is 14.9 Å². The summed E-state index contributed by atoms with van der Waals surface area (Å²) in [7, 11) is 0. The topological polar surface area (TPSA) is 84.6 Å². The fraction of sp³-hybridized carbons (Fsp3) is 0.0667. The number of hydrogen-bond donors (Lipinski definition) is 1. The Morgan fingerprint density at radius 3 is 2.65 bits per heavy atom. The average Bonchev–Trinajstić information content (AvgIpc) is 2.51. The summed E-state index contributed by atoms with van der Waals surface area (Å²) in [4.78, 5) is 22.0. The number of nitro benzene ring substituents is 1. The third kappa shape index (κ3) is 5.15. The number of halogens is 2. The predicted octanol–water partition coefficient (Wildman–Crippen LogP) is 3.70. The molecular formula is C15H11BrClN3O3. The summed E-state index contributed by atoms with van der Waals surface area (Å²) < 4.78 is 0.934. The van der Waals surface area contributed by atoms with Crippen LogP contribution in [0.5, 0.6) is 0 Å². The van der Waals surface area contributed by atoms with Crippen LogP contribution in [0.4, 0.5) is 5.69 Å². The maximum absolute atomic E-state index is 11.8. The lowest BCUT2D eigenvalue weighted by Crippen LogP contribution is -2.19. The van der Waals surface area contributed by atoms with E-state index >= 15 is 0 Å². The quantitative estimate of drug-likeness (QED) is 0.475. The third-order valence-corrected chi connectivity index (χ3v) is 3.70. The van der Waals surface area contributed by atoms with Crippen molar-refractivity contribution in [2.24, 2.45) is 5.10 Å². The van der Waals surface area contributed by atoms with E-state index in [2.05, 4.69) is 26.5 Å². The van der Waals surface area contributed by atoms with E-state index in [0.717, 1.165) is 10.0 Å². The lowest BCUT2D eigenvalue weighted by Gasteiger charge is -2.01. The van der Waals surface area contributed by atoms with E-state index < -0.39 is 4.92 Å². The van der Waals surface area contributed by atoms with Crippen molar-refractivity contribution in [1.29, 1.82) is 0 Å². The standard InChI is InChI=1S/C15H11BrClN3O3/c16-12-4-1-10(2-5-12)8-15(21)19-18-9-11-3-6-13(17)14(7-11)20(22)23/h1-7,9H,8H2,(H,19,21)/b18-9-. The van der Waals surface area contributed by atoms with Crippen molar-refractivity contribution >= 4 is 45.3 Å². The summed E-state index contributed by atoms with van der Waals surface area (Å²) >= 11 is 9.04. The molecule has 0 spiro atoms.